The van der Waals surface area contributed by atoms with E-state index in [1.165, 1.54) is 7.11 Å². The number of carbonyl (C=O) groups excluding carboxylic acids is 1. The Hall–Kier alpha value is -2.46. The average molecular weight is 466 g/mol. The van der Waals surface area contributed by atoms with Crippen LogP contribution in [-0.4, -0.2) is 48.8 Å². The van der Waals surface area contributed by atoms with Gasteiger partial charge in [-0.25, -0.2) is 8.42 Å². The van der Waals surface area contributed by atoms with Crippen molar-refractivity contribution < 1.29 is 27.6 Å². The van der Waals surface area contributed by atoms with Gasteiger partial charge in [0.25, 0.3) is 0 Å². The molecule has 1 amide bonds. The third-order valence-corrected chi connectivity index (χ3v) is 7.85. The highest BCUT2D eigenvalue weighted by Gasteiger charge is 2.37. The number of carbonyl (C=O) groups is 1. The van der Waals surface area contributed by atoms with Gasteiger partial charge in [-0.1, -0.05) is 19.0 Å². The Morgan fingerprint density at radius 3 is 2.53 bits per heavy atom. The molecule has 2 atom stereocenters. The summed E-state index contributed by atoms with van der Waals surface area (Å²) >= 11 is 0. The van der Waals surface area contributed by atoms with Crippen molar-refractivity contribution in [2.75, 3.05) is 7.11 Å². The summed E-state index contributed by atoms with van der Waals surface area (Å²) in [5.74, 6) is -0.0606. The molecule has 1 aliphatic carbocycles. The fourth-order valence-corrected chi connectivity index (χ4v) is 6.13. The van der Waals surface area contributed by atoms with Crippen molar-refractivity contribution in [1.82, 2.24) is 15.5 Å². The molecule has 176 valence electrons. The minimum absolute atomic E-state index is 0.00327. The van der Waals surface area contributed by atoms with Gasteiger partial charge in [0.1, 0.15) is 17.9 Å². The van der Waals surface area contributed by atoms with E-state index in [-0.39, 0.29) is 46.5 Å². The maximum absolute atomic E-state index is 13.0. The summed E-state index contributed by atoms with van der Waals surface area (Å²) in [6.45, 7) is 7.44. The molecule has 9 nitrogen and oxygen atoms in total. The summed E-state index contributed by atoms with van der Waals surface area (Å²) in [5, 5.41) is 16.6. The SMILES string of the molecule is COc1cc(C)c(S(=O)(=O)Cc2noc(CC(=O)NC3CCC(O)CC3(C)C)n2)c(C)c1. The van der Waals surface area contributed by atoms with E-state index in [0.717, 1.165) is 0 Å². The number of aryl methyl sites for hydroxylation is 2. The van der Waals surface area contributed by atoms with Gasteiger partial charge < -0.3 is 19.7 Å². The highest BCUT2D eigenvalue weighted by Crippen LogP contribution is 2.35. The van der Waals surface area contributed by atoms with Gasteiger partial charge in [-0.2, -0.15) is 4.98 Å². The number of aromatic nitrogens is 2. The van der Waals surface area contributed by atoms with Crippen LogP contribution in [0.1, 0.15) is 56.0 Å². The fourth-order valence-electron chi connectivity index (χ4n) is 4.43. The van der Waals surface area contributed by atoms with E-state index in [1.54, 1.807) is 26.0 Å². The second-order valence-corrected chi connectivity index (χ2v) is 11.1. The number of hydrogen-bond acceptors (Lipinski definition) is 8. The lowest BCUT2D eigenvalue weighted by Crippen LogP contribution is -2.50. The van der Waals surface area contributed by atoms with Crippen molar-refractivity contribution in [1.29, 1.82) is 0 Å². The molecular formula is C22H31N3O6S. The van der Waals surface area contributed by atoms with Gasteiger partial charge in [0.05, 0.1) is 18.1 Å². The van der Waals surface area contributed by atoms with E-state index in [1.807, 2.05) is 13.8 Å². The lowest BCUT2D eigenvalue weighted by molar-refractivity contribution is -0.123. The number of nitrogens with zero attached hydrogens (tertiary/aromatic N) is 2. The second kappa shape index (κ2) is 9.19. The van der Waals surface area contributed by atoms with Gasteiger partial charge in [0.15, 0.2) is 15.7 Å². The number of aliphatic hydroxyl groups excluding tert-OH is 1. The molecule has 0 saturated heterocycles. The summed E-state index contributed by atoms with van der Waals surface area (Å²) < 4.78 is 36.3. The lowest BCUT2D eigenvalue weighted by atomic mass is 9.72. The van der Waals surface area contributed by atoms with Gasteiger partial charge >= 0.3 is 0 Å². The van der Waals surface area contributed by atoms with E-state index in [0.29, 0.717) is 36.1 Å². The Bertz CT molecular complexity index is 1070. The lowest BCUT2D eigenvalue weighted by Gasteiger charge is -2.41. The zero-order valence-corrected chi connectivity index (χ0v) is 20.0. The fraction of sp³-hybridized carbons (Fsp3) is 0.591. The molecule has 10 heteroatoms. The van der Waals surface area contributed by atoms with E-state index in [4.69, 9.17) is 9.26 Å². The second-order valence-electron chi connectivity index (χ2n) is 9.17. The topological polar surface area (TPSA) is 132 Å². The van der Waals surface area contributed by atoms with Crippen LogP contribution in [0.5, 0.6) is 5.75 Å². The summed E-state index contributed by atoms with van der Waals surface area (Å²) in [7, 11) is -2.20. The number of benzene rings is 1. The summed E-state index contributed by atoms with van der Waals surface area (Å²) in [6, 6.07) is 3.26. The first kappa shape index (κ1) is 24.2. The molecule has 0 aliphatic heterocycles. The van der Waals surface area contributed by atoms with Crippen molar-refractivity contribution in [3.05, 3.63) is 35.0 Å². The Morgan fingerprint density at radius 2 is 1.94 bits per heavy atom. The predicted molar refractivity (Wildman–Crippen MR) is 117 cm³/mol. The molecule has 1 heterocycles. The molecule has 0 spiro atoms. The molecule has 3 rings (SSSR count). The molecular weight excluding hydrogens is 434 g/mol. The third-order valence-electron chi connectivity index (χ3n) is 5.95. The van der Waals surface area contributed by atoms with Crippen LogP contribution in [0.15, 0.2) is 21.6 Å². The van der Waals surface area contributed by atoms with Crippen molar-refractivity contribution in [3.8, 4) is 5.75 Å². The summed E-state index contributed by atoms with van der Waals surface area (Å²) in [6.07, 6.45) is 1.46. The zero-order chi connectivity index (χ0) is 23.7. The van der Waals surface area contributed by atoms with Crippen LogP contribution >= 0.6 is 0 Å². The van der Waals surface area contributed by atoms with Crippen molar-refractivity contribution in [2.24, 2.45) is 5.41 Å². The van der Waals surface area contributed by atoms with E-state index in [2.05, 4.69) is 15.5 Å². The summed E-state index contributed by atoms with van der Waals surface area (Å²) in [5.41, 5.74) is 0.922. The first-order valence-electron chi connectivity index (χ1n) is 10.6. The van der Waals surface area contributed by atoms with Crippen LogP contribution in [0.4, 0.5) is 0 Å². The first-order valence-corrected chi connectivity index (χ1v) is 12.2. The highest BCUT2D eigenvalue weighted by atomic mass is 32.2. The van der Waals surface area contributed by atoms with E-state index >= 15 is 0 Å². The Kier molecular flexibility index (Phi) is 6.94. The van der Waals surface area contributed by atoms with Crippen LogP contribution in [0.25, 0.3) is 0 Å². The van der Waals surface area contributed by atoms with Crippen LogP contribution in [0, 0.1) is 19.3 Å². The minimum Gasteiger partial charge on any atom is -0.497 e. The van der Waals surface area contributed by atoms with Gasteiger partial charge in [-0.3, -0.25) is 4.79 Å². The number of nitrogens with one attached hydrogen (secondary N) is 1. The Morgan fingerprint density at radius 1 is 1.28 bits per heavy atom. The minimum atomic E-state index is -3.72. The maximum Gasteiger partial charge on any atom is 0.236 e. The molecule has 1 saturated carbocycles. The van der Waals surface area contributed by atoms with Crippen LogP contribution in [0.2, 0.25) is 0 Å². The normalized spacial score (nSPS) is 20.7. The molecule has 0 bridgehead atoms. The number of aliphatic hydroxyl groups is 1. The Labute approximate surface area is 188 Å². The molecule has 1 aliphatic rings. The number of ether oxygens (including phenoxy) is 1. The van der Waals surface area contributed by atoms with Crippen LogP contribution in [-0.2, 0) is 26.8 Å². The molecule has 2 N–H and O–H groups in total. The molecule has 32 heavy (non-hydrogen) atoms. The number of hydrogen-bond donors (Lipinski definition) is 2. The number of amides is 1. The molecule has 2 unspecified atom stereocenters. The zero-order valence-electron chi connectivity index (χ0n) is 19.1. The quantitative estimate of drug-likeness (QED) is 0.636. The molecule has 1 aromatic carbocycles. The Balaban J connectivity index is 1.67. The average Bonchev–Trinajstić information content (AvgIpc) is 3.08. The van der Waals surface area contributed by atoms with E-state index < -0.39 is 15.6 Å². The molecule has 0 radical (unpaired) electrons. The number of sulfone groups is 1. The first-order chi connectivity index (χ1) is 14.9. The smallest absolute Gasteiger partial charge is 0.236 e. The number of methoxy groups -OCH3 is 1. The van der Waals surface area contributed by atoms with Gasteiger partial charge in [0, 0.05) is 6.04 Å². The standard InChI is InChI=1S/C22H31N3O6S/c1-13-8-16(30-5)9-14(2)21(13)32(28,29)12-18-24-20(31-25-18)10-19(27)23-17-7-6-15(26)11-22(17,3)4/h8-9,15,17,26H,6-7,10-12H2,1-5H3,(H,23,27). The summed E-state index contributed by atoms with van der Waals surface area (Å²) in [4.78, 5) is 16.8. The molecule has 1 fully saturated rings. The third kappa shape index (κ3) is 5.47. The molecule has 2 aromatic rings. The van der Waals surface area contributed by atoms with Gasteiger partial charge in [-0.15, -0.1) is 0 Å². The predicted octanol–water partition coefficient (Wildman–Crippen LogP) is 2.27. The largest absolute Gasteiger partial charge is 0.497 e. The van der Waals surface area contributed by atoms with E-state index in [9.17, 15) is 18.3 Å². The van der Waals surface area contributed by atoms with Crippen molar-refractivity contribution >= 4 is 15.7 Å². The number of rotatable bonds is 7. The van der Waals surface area contributed by atoms with Crippen LogP contribution < -0.4 is 10.1 Å². The monoisotopic (exact) mass is 465 g/mol. The van der Waals surface area contributed by atoms with Crippen LogP contribution in [0.3, 0.4) is 0 Å². The highest BCUT2D eigenvalue weighted by molar-refractivity contribution is 7.90. The van der Waals surface area contributed by atoms with Gasteiger partial charge in [-0.05, 0) is 61.8 Å². The molecule has 1 aromatic heterocycles. The van der Waals surface area contributed by atoms with Crippen molar-refractivity contribution in [3.63, 3.8) is 0 Å². The maximum atomic E-state index is 13.0. The van der Waals surface area contributed by atoms with Gasteiger partial charge in [0.2, 0.25) is 11.8 Å². The van der Waals surface area contributed by atoms with Crippen molar-refractivity contribution in [2.45, 2.75) is 76.2 Å².